The normalized spacial score (nSPS) is 10.2. The highest BCUT2D eigenvalue weighted by molar-refractivity contribution is 6.36. The van der Waals surface area contributed by atoms with Gasteiger partial charge in [0.1, 0.15) is 0 Å². The smallest absolute Gasteiger partial charge is 0.250 e. The molecule has 0 atom stereocenters. The highest BCUT2D eigenvalue weighted by Crippen LogP contribution is 2.30. The molecule has 0 bridgehead atoms. The quantitative estimate of drug-likeness (QED) is 0.759. The molecule has 4 nitrogen and oxygen atoms in total. The van der Waals surface area contributed by atoms with Gasteiger partial charge in [-0.2, -0.15) is 0 Å². The van der Waals surface area contributed by atoms with E-state index in [1.807, 2.05) is 0 Å². The number of benzene rings is 2. The van der Waals surface area contributed by atoms with E-state index in [-0.39, 0.29) is 0 Å². The molecule has 0 aliphatic carbocycles. The number of carbonyl (C=O) groups is 1. The number of primary amides is 1. The van der Waals surface area contributed by atoms with Crippen molar-refractivity contribution in [3.05, 3.63) is 52.0 Å². The first kappa shape index (κ1) is 13.5. The zero-order valence-corrected chi connectivity index (χ0v) is 11.3. The number of halogens is 2. The molecule has 0 spiro atoms. The number of rotatable bonds is 3. The summed E-state index contributed by atoms with van der Waals surface area (Å²) in [6.07, 6.45) is 0. The first-order valence-corrected chi connectivity index (χ1v) is 6.14. The van der Waals surface area contributed by atoms with Crippen LogP contribution >= 0.6 is 23.2 Å². The van der Waals surface area contributed by atoms with Gasteiger partial charge in [-0.1, -0.05) is 23.2 Å². The maximum atomic E-state index is 11.4. The molecule has 2 aromatic carbocycles. The van der Waals surface area contributed by atoms with E-state index in [0.717, 1.165) is 0 Å². The molecule has 0 saturated heterocycles. The second-order valence-corrected chi connectivity index (χ2v) is 4.76. The van der Waals surface area contributed by atoms with Gasteiger partial charge < -0.3 is 16.8 Å². The van der Waals surface area contributed by atoms with Gasteiger partial charge in [-0.25, -0.2) is 0 Å². The summed E-state index contributed by atoms with van der Waals surface area (Å²) in [7, 11) is 0. The summed E-state index contributed by atoms with van der Waals surface area (Å²) in [5.41, 5.74) is 12.9. The maximum Gasteiger partial charge on any atom is 0.250 e. The van der Waals surface area contributed by atoms with Crippen molar-refractivity contribution in [3.63, 3.8) is 0 Å². The Labute approximate surface area is 120 Å². The number of carbonyl (C=O) groups excluding carboxylic acids is 1. The second-order valence-electron chi connectivity index (χ2n) is 3.92. The Balaban J connectivity index is 2.40. The van der Waals surface area contributed by atoms with Crippen molar-refractivity contribution < 1.29 is 4.79 Å². The summed E-state index contributed by atoms with van der Waals surface area (Å²) >= 11 is 11.9. The summed E-state index contributed by atoms with van der Waals surface area (Å²) in [5.74, 6) is -0.570. The van der Waals surface area contributed by atoms with Gasteiger partial charge in [0, 0.05) is 10.7 Å². The molecule has 0 aliphatic heterocycles. The Hall–Kier alpha value is -1.91. The van der Waals surface area contributed by atoms with Crippen molar-refractivity contribution >= 4 is 46.2 Å². The number of nitrogens with one attached hydrogen (secondary N) is 1. The lowest BCUT2D eigenvalue weighted by molar-refractivity contribution is 0.100. The summed E-state index contributed by atoms with van der Waals surface area (Å²) in [4.78, 5) is 11.4. The number of hydrogen-bond donors (Lipinski definition) is 3. The van der Waals surface area contributed by atoms with Crippen LogP contribution < -0.4 is 16.8 Å². The van der Waals surface area contributed by atoms with E-state index in [9.17, 15) is 4.79 Å². The van der Waals surface area contributed by atoms with Crippen LogP contribution in [0.15, 0.2) is 36.4 Å². The third-order valence-corrected chi connectivity index (χ3v) is 3.06. The lowest BCUT2D eigenvalue weighted by Crippen LogP contribution is -2.13. The topological polar surface area (TPSA) is 81.1 Å². The molecule has 0 fully saturated rings. The largest absolute Gasteiger partial charge is 0.399 e. The first-order valence-electron chi connectivity index (χ1n) is 5.39. The van der Waals surface area contributed by atoms with E-state index in [2.05, 4.69) is 5.32 Å². The van der Waals surface area contributed by atoms with Gasteiger partial charge in [-0.05, 0) is 36.4 Å². The lowest BCUT2D eigenvalue weighted by Gasteiger charge is -2.12. The predicted octanol–water partition coefficient (Wildman–Crippen LogP) is 3.42. The number of amides is 1. The molecule has 98 valence electrons. The standard InChI is InChI=1S/C13H11Cl2N3O/c14-7-1-3-12(10(15)5-7)18-11-4-2-8(16)6-9(11)13(17)19/h1-6,18H,16H2,(H2,17,19). The van der Waals surface area contributed by atoms with Crippen molar-refractivity contribution in [1.82, 2.24) is 0 Å². The van der Waals surface area contributed by atoms with E-state index in [1.165, 1.54) is 6.07 Å². The average molecular weight is 296 g/mol. The summed E-state index contributed by atoms with van der Waals surface area (Å²) in [6, 6.07) is 9.85. The second kappa shape index (κ2) is 5.38. The molecular weight excluding hydrogens is 285 g/mol. The average Bonchev–Trinajstić information content (AvgIpc) is 2.34. The fourth-order valence-electron chi connectivity index (χ4n) is 1.61. The highest BCUT2D eigenvalue weighted by atomic mass is 35.5. The maximum absolute atomic E-state index is 11.4. The summed E-state index contributed by atoms with van der Waals surface area (Å²) < 4.78 is 0. The molecule has 19 heavy (non-hydrogen) atoms. The zero-order chi connectivity index (χ0) is 14.0. The molecule has 0 saturated carbocycles. The minimum absolute atomic E-state index is 0.297. The number of nitrogens with two attached hydrogens (primary N) is 2. The lowest BCUT2D eigenvalue weighted by atomic mass is 10.1. The SMILES string of the molecule is NC(=O)c1cc(N)ccc1Nc1ccc(Cl)cc1Cl. The monoisotopic (exact) mass is 295 g/mol. The third kappa shape index (κ3) is 3.10. The Morgan fingerprint density at radius 2 is 1.74 bits per heavy atom. The van der Waals surface area contributed by atoms with Crippen LogP contribution in [0.2, 0.25) is 10.0 Å². The van der Waals surface area contributed by atoms with E-state index in [4.69, 9.17) is 34.7 Å². The van der Waals surface area contributed by atoms with Crippen molar-refractivity contribution in [2.75, 3.05) is 11.1 Å². The van der Waals surface area contributed by atoms with Gasteiger partial charge in [-0.3, -0.25) is 4.79 Å². The van der Waals surface area contributed by atoms with Crippen LogP contribution in [0.5, 0.6) is 0 Å². The van der Waals surface area contributed by atoms with Gasteiger partial charge >= 0.3 is 0 Å². The van der Waals surface area contributed by atoms with Crippen LogP contribution in [-0.4, -0.2) is 5.91 Å². The van der Waals surface area contributed by atoms with Gasteiger partial charge in [0.15, 0.2) is 0 Å². The number of anilines is 3. The Bertz CT molecular complexity index is 644. The van der Waals surface area contributed by atoms with Crippen LogP contribution in [0, 0.1) is 0 Å². The molecule has 0 aromatic heterocycles. The summed E-state index contributed by atoms with van der Waals surface area (Å²) in [5, 5.41) is 4.00. The van der Waals surface area contributed by atoms with Crippen molar-refractivity contribution in [2.24, 2.45) is 5.73 Å². The van der Waals surface area contributed by atoms with Crippen LogP contribution in [0.25, 0.3) is 0 Å². The molecule has 6 heteroatoms. The molecule has 5 N–H and O–H groups in total. The molecule has 0 heterocycles. The van der Waals surface area contributed by atoms with Crippen molar-refractivity contribution in [1.29, 1.82) is 0 Å². The fraction of sp³-hybridized carbons (Fsp3) is 0. The van der Waals surface area contributed by atoms with E-state index >= 15 is 0 Å². The van der Waals surface area contributed by atoms with Crippen molar-refractivity contribution in [2.45, 2.75) is 0 Å². The molecule has 0 unspecified atom stereocenters. The molecule has 0 aliphatic rings. The molecule has 0 radical (unpaired) electrons. The van der Waals surface area contributed by atoms with Crippen LogP contribution in [0.3, 0.4) is 0 Å². The number of nitrogen functional groups attached to an aromatic ring is 1. The first-order chi connectivity index (χ1) is 8.97. The van der Waals surface area contributed by atoms with Crippen LogP contribution in [0.4, 0.5) is 17.1 Å². The van der Waals surface area contributed by atoms with Gasteiger partial charge in [0.25, 0.3) is 5.91 Å². The van der Waals surface area contributed by atoms with Gasteiger partial charge in [0.05, 0.1) is 22.0 Å². The van der Waals surface area contributed by atoms with E-state index in [0.29, 0.717) is 32.7 Å². The van der Waals surface area contributed by atoms with Crippen LogP contribution in [-0.2, 0) is 0 Å². The fourth-order valence-corrected chi connectivity index (χ4v) is 2.07. The summed E-state index contributed by atoms with van der Waals surface area (Å²) in [6.45, 7) is 0. The molecule has 2 rings (SSSR count). The Morgan fingerprint density at radius 1 is 1.05 bits per heavy atom. The zero-order valence-electron chi connectivity index (χ0n) is 9.78. The van der Waals surface area contributed by atoms with E-state index < -0.39 is 5.91 Å². The van der Waals surface area contributed by atoms with Crippen molar-refractivity contribution in [3.8, 4) is 0 Å². The molecule has 2 aromatic rings. The van der Waals surface area contributed by atoms with Gasteiger partial charge in [-0.15, -0.1) is 0 Å². The van der Waals surface area contributed by atoms with Crippen LogP contribution in [0.1, 0.15) is 10.4 Å². The Morgan fingerprint density at radius 3 is 2.37 bits per heavy atom. The Kier molecular flexibility index (Phi) is 3.83. The van der Waals surface area contributed by atoms with Gasteiger partial charge in [0.2, 0.25) is 0 Å². The predicted molar refractivity (Wildman–Crippen MR) is 79.1 cm³/mol. The van der Waals surface area contributed by atoms with E-state index in [1.54, 1.807) is 30.3 Å². The minimum Gasteiger partial charge on any atom is -0.399 e. The molecule has 1 amide bonds. The molecular formula is C13H11Cl2N3O. The third-order valence-electron chi connectivity index (χ3n) is 2.51. The highest BCUT2D eigenvalue weighted by Gasteiger charge is 2.10. The minimum atomic E-state index is -0.570. The number of hydrogen-bond acceptors (Lipinski definition) is 3.